The second kappa shape index (κ2) is 7.60. The molecule has 0 aromatic rings. The Morgan fingerprint density at radius 1 is 1.46 bits per heavy atom. The van der Waals surface area contributed by atoms with E-state index in [0.29, 0.717) is 0 Å². The molecule has 0 heterocycles. The van der Waals surface area contributed by atoms with Gasteiger partial charge in [-0.3, -0.25) is 0 Å². The fourth-order valence-electron chi connectivity index (χ4n) is 1.37. The summed E-state index contributed by atoms with van der Waals surface area (Å²) < 4.78 is 0. The van der Waals surface area contributed by atoms with Gasteiger partial charge in [-0.25, -0.2) is 0 Å². The minimum Gasteiger partial charge on any atom is -0.410 e. The molecule has 0 aromatic carbocycles. The fourth-order valence-corrected chi connectivity index (χ4v) is 1.37. The van der Waals surface area contributed by atoms with Gasteiger partial charge in [-0.2, -0.15) is 5.26 Å². The highest BCUT2D eigenvalue weighted by Crippen LogP contribution is 2.15. The Hall–Kier alpha value is -1.04. The van der Waals surface area contributed by atoms with Crippen molar-refractivity contribution in [3.8, 4) is 6.07 Å². The third-order valence-electron chi connectivity index (χ3n) is 2.26. The molecule has 0 saturated carbocycles. The molecule has 0 fully saturated rings. The van der Waals surface area contributed by atoms with Crippen LogP contribution in [-0.4, -0.2) is 10.9 Å². The fraction of sp³-hybridized carbons (Fsp3) is 0.800. The molecule has 0 aliphatic rings. The van der Waals surface area contributed by atoms with Crippen molar-refractivity contribution < 1.29 is 5.21 Å². The van der Waals surface area contributed by atoms with Crippen molar-refractivity contribution in [3.05, 3.63) is 0 Å². The van der Waals surface area contributed by atoms with Gasteiger partial charge in [0.05, 0.1) is 0 Å². The van der Waals surface area contributed by atoms with Crippen molar-refractivity contribution in [2.45, 2.75) is 46.0 Å². The Labute approximate surface area is 80.1 Å². The van der Waals surface area contributed by atoms with Crippen LogP contribution in [-0.2, 0) is 0 Å². The average molecular weight is 182 g/mol. The number of oxime groups is 1. The quantitative estimate of drug-likeness (QED) is 0.297. The summed E-state index contributed by atoms with van der Waals surface area (Å²) in [7, 11) is 0. The molecule has 0 spiro atoms. The largest absolute Gasteiger partial charge is 0.410 e. The zero-order valence-corrected chi connectivity index (χ0v) is 8.45. The summed E-state index contributed by atoms with van der Waals surface area (Å²) in [5.74, 6) is 0.140. The topological polar surface area (TPSA) is 56.4 Å². The van der Waals surface area contributed by atoms with Crippen LogP contribution in [0.15, 0.2) is 5.16 Å². The number of rotatable bonds is 6. The first-order valence-electron chi connectivity index (χ1n) is 4.92. The molecule has 0 rings (SSSR count). The lowest BCUT2D eigenvalue weighted by molar-refractivity contribution is 0.314. The van der Waals surface area contributed by atoms with Crippen molar-refractivity contribution in [1.82, 2.24) is 0 Å². The molecular weight excluding hydrogens is 164 g/mol. The van der Waals surface area contributed by atoms with Crippen molar-refractivity contribution in [3.63, 3.8) is 0 Å². The zero-order chi connectivity index (χ0) is 10.1. The van der Waals surface area contributed by atoms with Crippen LogP contribution in [0.5, 0.6) is 0 Å². The van der Waals surface area contributed by atoms with E-state index in [1.807, 2.05) is 13.0 Å². The molecule has 13 heavy (non-hydrogen) atoms. The van der Waals surface area contributed by atoms with E-state index in [9.17, 15) is 0 Å². The van der Waals surface area contributed by atoms with E-state index in [2.05, 4.69) is 12.1 Å². The molecule has 0 aromatic heterocycles. The first-order valence-corrected chi connectivity index (χ1v) is 4.92. The predicted molar refractivity (Wildman–Crippen MR) is 52.8 cm³/mol. The average Bonchev–Trinajstić information content (AvgIpc) is 2.17. The summed E-state index contributed by atoms with van der Waals surface area (Å²) >= 11 is 0. The van der Waals surface area contributed by atoms with E-state index in [1.165, 1.54) is 12.8 Å². The van der Waals surface area contributed by atoms with Gasteiger partial charge in [0.15, 0.2) is 5.71 Å². The molecule has 74 valence electrons. The van der Waals surface area contributed by atoms with Gasteiger partial charge in [0, 0.05) is 5.92 Å². The van der Waals surface area contributed by atoms with Crippen LogP contribution in [0.25, 0.3) is 0 Å². The summed E-state index contributed by atoms with van der Waals surface area (Å²) in [5.41, 5.74) is 0.276. The van der Waals surface area contributed by atoms with E-state index in [0.717, 1.165) is 19.3 Å². The molecule has 0 saturated heterocycles. The van der Waals surface area contributed by atoms with Gasteiger partial charge >= 0.3 is 0 Å². The highest BCUT2D eigenvalue weighted by atomic mass is 16.4. The maximum absolute atomic E-state index is 8.64. The summed E-state index contributed by atoms with van der Waals surface area (Å²) in [6, 6.07) is 1.93. The Balaban J connectivity index is 3.96. The van der Waals surface area contributed by atoms with Crippen molar-refractivity contribution >= 4 is 5.71 Å². The molecule has 0 amide bonds. The Kier molecular flexibility index (Phi) is 6.99. The molecule has 0 aliphatic carbocycles. The molecule has 1 unspecified atom stereocenters. The molecule has 0 radical (unpaired) electrons. The summed E-state index contributed by atoms with van der Waals surface area (Å²) in [4.78, 5) is 0. The maximum Gasteiger partial charge on any atom is 0.159 e. The molecule has 1 N–H and O–H groups in total. The monoisotopic (exact) mass is 182 g/mol. The normalized spacial score (nSPS) is 13.8. The molecule has 0 bridgehead atoms. The lowest BCUT2D eigenvalue weighted by Gasteiger charge is -2.10. The van der Waals surface area contributed by atoms with Crippen molar-refractivity contribution in [2.75, 3.05) is 0 Å². The number of hydrogen-bond donors (Lipinski definition) is 1. The SMILES string of the molecule is CCCCCC(CC)/C(C#N)=N/O. The van der Waals surface area contributed by atoms with Crippen molar-refractivity contribution in [1.29, 1.82) is 5.26 Å². The van der Waals surface area contributed by atoms with E-state index in [4.69, 9.17) is 10.5 Å². The molecule has 3 heteroatoms. The molecular formula is C10H18N2O. The standard InChI is InChI=1S/C10H18N2O/c1-3-5-6-7-9(4-2)10(8-11)12-13/h9,13H,3-7H2,1-2H3/b12-10+. The molecule has 1 atom stereocenters. The Morgan fingerprint density at radius 3 is 2.54 bits per heavy atom. The van der Waals surface area contributed by atoms with Crippen LogP contribution < -0.4 is 0 Å². The predicted octanol–water partition coefficient (Wildman–Crippen LogP) is 2.95. The Bertz CT molecular complexity index is 194. The first kappa shape index (κ1) is 12.0. The van der Waals surface area contributed by atoms with Crippen LogP contribution in [0.4, 0.5) is 0 Å². The van der Waals surface area contributed by atoms with E-state index < -0.39 is 0 Å². The van der Waals surface area contributed by atoms with Gasteiger partial charge in [0.1, 0.15) is 6.07 Å². The first-order chi connectivity index (χ1) is 6.29. The number of unbranched alkanes of at least 4 members (excludes halogenated alkanes) is 2. The molecule has 0 aliphatic heterocycles. The van der Waals surface area contributed by atoms with E-state index in [-0.39, 0.29) is 11.6 Å². The van der Waals surface area contributed by atoms with Gasteiger partial charge < -0.3 is 5.21 Å². The minimum absolute atomic E-state index is 0.140. The second-order valence-corrected chi connectivity index (χ2v) is 3.20. The smallest absolute Gasteiger partial charge is 0.159 e. The van der Waals surface area contributed by atoms with Gasteiger partial charge in [-0.05, 0) is 12.8 Å². The highest BCUT2D eigenvalue weighted by Gasteiger charge is 2.13. The summed E-state index contributed by atoms with van der Waals surface area (Å²) in [6.07, 6.45) is 5.29. The second-order valence-electron chi connectivity index (χ2n) is 3.20. The van der Waals surface area contributed by atoms with Crippen LogP contribution in [0.3, 0.4) is 0 Å². The zero-order valence-electron chi connectivity index (χ0n) is 8.45. The summed E-state index contributed by atoms with van der Waals surface area (Å²) in [6.45, 7) is 4.16. The third-order valence-corrected chi connectivity index (χ3v) is 2.26. The lowest BCUT2D eigenvalue weighted by Crippen LogP contribution is -2.11. The van der Waals surface area contributed by atoms with Crippen molar-refractivity contribution in [2.24, 2.45) is 11.1 Å². The number of nitrogens with zero attached hydrogens (tertiary/aromatic N) is 2. The van der Waals surface area contributed by atoms with Crippen LogP contribution in [0.1, 0.15) is 46.0 Å². The van der Waals surface area contributed by atoms with Crippen LogP contribution in [0.2, 0.25) is 0 Å². The third kappa shape index (κ3) is 4.51. The van der Waals surface area contributed by atoms with Gasteiger partial charge in [-0.1, -0.05) is 38.3 Å². The number of hydrogen-bond acceptors (Lipinski definition) is 3. The highest BCUT2D eigenvalue weighted by molar-refractivity contribution is 5.99. The van der Waals surface area contributed by atoms with E-state index >= 15 is 0 Å². The lowest BCUT2D eigenvalue weighted by atomic mass is 9.94. The van der Waals surface area contributed by atoms with Gasteiger partial charge in [-0.15, -0.1) is 0 Å². The minimum atomic E-state index is 0.140. The van der Waals surface area contributed by atoms with Crippen LogP contribution in [0, 0.1) is 17.2 Å². The number of nitriles is 1. The van der Waals surface area contributed by atoms with Gasteiger partial charge in [0.2, 0.25) is 0 Å². The molecule has 3 nitrogen and oxygen atoms in total. The summed E-state index contributed by atoms with van der Waals surface area (Å²) in [5, 5.41) is 20.2. The maximum atomic E-state index is 8.64. The van der Waals surface area contributed by atoms with Crippen LogP contribution >= 0.6 is 0 Å². The van der Waals surface area contributed by atoms with Gasteiger partial charge in [0.25, 0.3) is 0 Å². The Morgan fingerprint density at radius 2 is 2.15 bits per heavy atom. The van der Waals surface area contributed by atoms with E-state index in [1.54, 1.807) is 0 Å².